The van der Waals surface area contributed by atoms with Crippen LogP contribution in [-0.4, -0.2) is 12.1 Å². The molecular weight excluding hydrogens is 234 g/mol. The molecule has 1 heterocycles. The third kappa shape index (κ3) is 2.09. The van der Waals surface area contributed by atoms with Crippen LogP contribution in [-0.2, 0) is 0 Å². The highest BCUT2D eigenvalue weighted by molar-refractivity contribution is 6.30. The van der Waals surface area contributed by atoms with Gasteiger partial charge in [-0.05, 0) is 36.1 Å². The van der Waals surface area contributed by atoms with E-state index < -0.39 is 0 Å². The van der Waals surface area contributed by atoms with E-state index in [2.05, 4.69) is 24.9 Å². The second-order valence-corrected chi connectivity index (χ2v) is 4.86. The molecule has 0 aliphatic rings. The fourth-order valence-electron chi connectivity index (χ4n) is 1.95. The Morgan fingerprint density at radius 2 is 2.00 bits per heavy atom. The highest BCUT2D eigenvalue weighted by Crippen LogP contribution is 2.32. The number of methoxy groups -OCH3 is 1. The molecule has 1 aromatic carbocycles. The average molecular weight is 250 g/mol. The van der Waals surface area contributed by atoms with E-state index in [1.165, 1.54) is 0 Å². The molecule has 0 unspecified atom stereocenters. The molecule has 0 spiro atoms. The van der Waals surface area contributed by atoms with Crippen LogP contribution in [0.1, 0.15) is 30.9 Å². The predicted octanol–water partition coefficient (Wildman–Crippen LogP) is 4.33. The third-order valence-corrected chi connectivity index (χ3v) is 3.27. The molecule has 0 saturated heterocycles. The number of benzene rings is 1. The Morgan fingerprint density at radius 1 is 1.29 bits per heavy atom. The fourth-order valence-corrected chi connectivity index (χ4v) is 2.30. The first-order valence-corrected chi connectivity index (χ1v) is 6.06. The van der Waals surface area contributed by atoms with Crippen molar-refractivity contribution in [2.75, 3.05) is 7.11 Å². The van der Waals surface area contributed by atoms with E-state index in [-0.39, 0.29) is 0 Å². The van der Waals surface area contributed by atoms with Gasteiger partial charge in [0.15, 0.2) is 0 Å². The number of fused-ring (bicyclic) bond motifs is 1. The lowest BCUT2D eigenvalue weighted by Crippen LogP contribution is -1.96. The minimum absolute atomic E-state index is 0.351. The molecule has 1 aromatic heterocycles. The second kappa shape index (κ2) is 4.53. The summed E-state index contributed by atoms with van der Waals surface area (Å²) in [5.41, 5.74) is 3.08. The quantitative estimate of drug-likeness (QED) is 0.739. The largest absolute Gasteiger partial charge is 0.496 e. The van der Waals surface area contributed by atoms with Crippen LogP contribution in [0, 0.1) is 6.92 Å². The number of pyridine rings is 1. The average Bonchev–Trinajstić information content (AvgIpc) is 2.29. The van der Waals surface area contributed by atoms with Gasteiger partial charge in [-0.1, -0.05) is 31.5 Å². The van der Waals surface area contributed by atoms with E-state index in [0.29, 0.717) is 11.1 Å². The van der Waals surface area contributed by atoms with E-state index in [9.17, 15) is 0 Å². The molecule has 0 radical (unpaired) electrons. The Bertz CT molecular complexity index is 564. The molecular formula is C14H16ClNO. The first-order valence-electron chi connectivity index (χ1n) is 5.68. The first-order chi connectivity index (χ1) is 8.04. The summed E-state index contributed by atoms with van der Waals surface area (Å²) in [5.74, 6) is 1.20. The highest BCUT2D eigenvalue weighted by atomic mass is 35.5. The number of hydrogen-bond donors (Lipinski definition) is 0. The summed E-state index contributed by atoms with van der Waals surface area (Å²) in [4.78, 5) is 4.49. The SMILES string of the molecule is COc1ccc(C)c2nc(Cl)c(C(C)C)cc12. The van der Waals surface area contributed by atoms with Gasteiger partial charge in [0.2, 0.25) is 0 Å². The zero-order chi connectivity index (χ0) is 12.6. The van der Waals surface area contributed by atoms with Crippen molar-refractivity contribution in [2.45, 2.75) is 26.7 Å². The van der Waals surface area contributed by atoms with Crippen LogP contribution in [0.15, 0.2) is 18.2 Å². The monoisotopic (exact) mass is 249 g/mol. The van der Waals surface area contributed by atoms with Gasteiger partial charge in [-0.25, -0.2) is 4.98 Å². The summed E-state index contributed by atoms with van der Waals surface area (Å²) in [6, 6.07) is 6.05. The maximum absolute atomic E-state index is 6.21. The summed E-state index contributed by atoms with van der Waals surface area (Å²) in [5, 5.41) is 1.62. The maximum atomic E-state index is 6.21. The molecule has 0 amide bonds. The lowest BCUT2D eigenvalue weighted by molar-refractivity contribution is 0.419. The molecule has 0 saturated carbocycles. The van der Waals surface area contributed by atoms with Crippen LogP contribution in [0.5, 0.6) is 5.75 Å². The van der Waals surface area contributed by atoms with Gasteiger partial charge in [-0.15, -0.1) is 0 Å². The van der Waals surface area contributed by atoms with Gasteiger partial charge in [0, 0.05) is 5.39 Å². The normalized spacial score (nSPS) is 11.2. The van der Waals surface area contributed by atoms with E-state index >= 15 is 0 Å². The van der Waals surface area contributed by atoms with Gasteiger partial charge in [-0.3, -0.25) is 0 Å². The number of nitrogens with zero attached hydrogens (tertiary/aromatic N) is 1. The first kappa shape index (κ1) is 12.2. The van der Waals surface area contributed by atoms with E-state index in [0.717, 1.165) is 27.8 Å². The van der Waals surface area contributed by atoms with Crippen molar-refractivity contribution in [2.24, 2.45) is 0 Å². The van der Waals surface area contributed by atoms with Crippen molar-refractivity contribution in [3.05, 3.63) is 34.5 Å². The van der Waals surface area contributed by atoms with Crippen LogP contribution < -0.4 is 4.74 Å². The van der Waals surface area contributed by atoms with Crippen LogP contribution >= 0.6 is 11.6 Å². The van der Waals surface area contributed by atoms with E-state index in [1.54, 1.807) is 7.11 Å². The standard InChI is InChI=1S/C14H16ClNO/c1-8(2)10-7-11-12(17-4)6-5-9(3)13(11)16-14(10)15/h5-8H,1-4H3. The topological polar surface area (TPSA) is 22.1 Å². The molecule has 0 atom stereocenters. The van der Waals surface area contributed by atoms with Gasteiger partial charge >= 0.3 is 0 Å². The van der Waals surface area contributed by atoms with Crippen molar-refractivity contribution in [1.29, 1.82) is 0 Å². The molecule has 2 nitrogen and oxygen atoms in total. The van der Waals surface area contributed by atoms with Gasteiger partial charge in [0.1, 0.15) is 10.9 Å². The van der Waals surface area contributed by atoms with Crippen molar-refractivity contribution in [3.8, 4) is 5.75 Å². The maximum Gasteiger partial charge on any atom is 0.133 e. The third-order valence-electron chi connectivity index (χ3n) is 2.97. The zero-order valence-electron chi connectivity index (χ0n) is 10.5. The smallest absolute Gasteiger partial charge is 0.133 e. The number of ether oxygens (including phenoxy) is 1. The van der Waals surface area contributed by atoms with Gasteiger partial charge in [0.25, 0.3) is 0 Å². The van der Waals surface area contributed by atoms with Gasteiger partial charge in [-0.2, -0.15) is 0 Å². The van der Waals surface area contributed by atoms with Gasteiger partial charge in [0.05, 0.1) is 12.6 Å². The van der Waals surface area contributed by atoms with Crippen LogP contribution in [0.3, 0.4) is 0 Å². The van der Waals surface area contributed by atoms with Crippen molar-refractivity contribution < 1.29 is 4.74 Å². The molecule has 17 heavy (non-hydrogen) atoms. The van der Waals surface area contributed by atoms with Crippen LogP contribution in [0.25, 0.3) is 10.9 Å². The lowest BCUT2D eigenvalue weighted by atomic mass is 10.0. The zero-order valence-corrected chi connectivity index (χ0v) is 11.3. The molecule has 2 aromatic rings. The second-order valence-electron chi connectivity index (χ2n) is 4.50. The number of aryl methyl sites for hydroxylation is 1. The number of rotatable bonds is 2. The van der Waals surface area contributed by atoms with Crippen molar-refractivity contribution in [1.82, 2.24) is 4.98 Å². The Labute approximate surface area is 107 Å². The fraction of sp³-hybridized carbons (Fsp3) is 0.357. The molecule has 0 aliphatic carbocycles. The van der Waals surface area contributed by atoms with Crippen LogP contribution in [0.2, 0.25) is 5.15 Å². The lowest BCUT2D eigenvalue weighted by Gasteiger charge is -2.12. The molecule has 3 heteroatoms. The Balaban J connectivity index is 2.82. The number of hydrogen-bond acceptors (Lipinski definition) is 2. The number of halogens is 1. The summed E-state index contributed by atoms with van der Waals surface area (Å²) >= 11 is 6.21. The Hall–Kier alpha value is -1.28. The van der Waals surface area contributed by atoms with E-state index in [4.69, 9.17) is 16.3 Å². The summed E-state index contributed by atoms with van der Waals surface area (Å²) < 4.78 is 5.37. The molecule has 0 aliphatic heterocycles. The molecule has 0 bridgehead atoms. The van der Waals surface area contributed by atoms with Crippen LogP contribution in [0.4, 0.5) is 0 Å². The summed E-state index contributed by atoms with van der Waals surface area (Å²) in [6.45, 7) is 6.24. The molecule has 90 valence electrons. The number of aromatic nitrogens is 1. The van der Waals surface area contributed by atoms with Crippen molar-refractivity contribution in [3.63, 3.8) is 0 Å². The highest BCUT2D eigenvalue weighted by Gasteiger charge is 2.12. The van der Waals surface area contributed by atoms with Crippen molar-refractivity contribution >= 4 is 22.5 Å². The minimum Gasteiger partial charge on any atom is -0.496 e. The molecule has 2 rings (SSSR count). The Morgan fingerprint density at radius 3 is 2.59 bits per heavy atom. The molecule has 0 fully saturated rings. The predicted molar refractivity (Wildman–Crippen MR) is 72.1 cm³/mol. The summed E-state index contributed by atoms with van der Waals surface area (Å²) in [7, 11) is 1.67. The minimum atomic E-state index is 0.351. The molecule has 0 N–H and O–H groups in total. The Kier molecular flexibility index (Phi) is 3.25. The van der Waals surface area contributed by atoms with E-state index in [1.807, 2.05) is 19.1 Å². The summed E-state index contributed by atoms with van der Waals surface area (Å²) in [6.07, 6.45) is 0. The van der Waals surface area contributed by atoms with Gasteiger partial charge < -0.3 is 4.74 Å².